The highest BCUT2D eigenvalue weighted by atomic mass is 31.2. The lowest BCUT2D eigenvalue weighted by atomic mass is 10.0. The van der Waals surface area contributed by atoms with Crippen LogP contribution in [0.15, 0.2) is 12.2 Å². The SMILES string of the molecule is CCCCCC/C=C/CCCCCCCCCC(=O)O[C@H](COC(=O)CCCCCCCCCCCCCCCCCCCC)COP(=O)(O)O. The molecule has 1 atom stereocenters. The molecule has 0 saturated heterocycles. The van der Waals surface area contributed by atoms with E-state index in [0.717, 1.165) is 44.9 Å². The summed E-state index contributed by atoms with van der Waals surface area (Å²) in [5, 5.41) is 0. The largest absolute Gasteiger partial charge is 0.469 e. The molecule has 0 unspecified atom stereocenters. The van der Waals surface area contributed by atoms with Crippen LogP contribution in [-0.2, 0) is 28.2 Å². The summed E-state index contributed by atoms with van der Waals surface area (Å²) >= 11 is 0. The third-order valence-corrected chi connectivity index (χ3v) is 10.0. The number of phosphoric ester groups is 1. The highest BCUT2D eigenvalue weighted by molar-refractivity contribution is 7.46. The Labute approximate surface area is 314 Å². The Hall–Kier alpha value is -1.21. The lowest BCUT2D eigenvalue weighted by Gasteiger charge is -2.18. The second-order valence-corrected chi connectivity index (χ2v) is 15.9. The lowest BCUT2D eigenvalue weighted by Crippen LogP contribution is -2.29. The maximum absolute atomic E-state index is 12.4. The molecule has 0 aliphatic carbocycles. The van der Waals surface area contributed by atoms with Gasteiger partial charge in [0.05, 0.1) is 6.61 Å². The van der Waals surface area contributed by atoms with Crippen LogP contribution in [0, 0.1) is 0 Å². The molecule has 8 nitrogen and oxygen atoms in total. The van der Waals surface area contributed by atoms with Crippen LogP contribution in [0.4, 0.5) is 0 Å². The molecule has 2 N–H and O–H groups in total. The van der Waals surface area contributed by atoms with Crippen LogP contribution in [0.1, 0.15) is 226 Å². The Kier molecular flexibility index (Phi) is 37.6. The normalized spacial score (nSPS) is 12.5. The molecular formula is C42H81O8P. The number of carbonyl (C=O) groups is 2. The number of carbonyl (C=O) groups excluding carboxylic acids is 2. The van der Waals surface area contributed by atoms with Gasteiger partial charge < -0.3 is 19.3 Å². The number of unbranched alkanes of at least 4 members (excludes halogenated alkanes) is 28. The molecule has 0 amide bonds. The number of allylic oxidation sites excluding steroid dienone is 2. The molecule has 0 aromatic carbocycles. The van der Waals surface area contributed by atoms with Crippen molar-refractivity contribution in [3.63, 3.8) is 0 Å². The van der Waals surface area contributed by atoms with Crippen LogP contribution in [0.25, 0.3) is 0 Å². The molecule has 0 aliphatic rings. The zero-order valence-electron chi connectivity index (χ0n) is 33.3. The molecule has 0 aliphatic heterocycles. The van der Waals surface area contributed by atoms with Crippen LogP contribution in [0.3, 0.4) is 0 Å². The minimum atomic E-state index is -4.75. The maximum atomic E-state index is 12.4. The van der Waals surface area contributed by atoms with E-state index in [9.17, 15) is 14.2 Å². The number of rotatable bonds is 40. The molecule has 0 heterocycles. The first-order valence-corrected chi connectivity index (χ1v) is 23.0. The molecule has 0 saturated carbocycles. The summed E-state index contributed by atoms with van der Waals surface area (Å²) in [6.45, 7) is 3.70. The molecule has 0 rings (SSSR count). The van der Waals surface area contributed by atoms with Gasteiger partial charge in [0.1, 0.15) is 6.61 Å². The Morgan fingerprint density at radius 2 is 0.824 bits per heavy atom. The van der Waals surface area contributed by atoms with E-state index in [0.29, 0.717) is 6.42 Å². The number of esters is 2. The van der Waals surface area contributed by atoms with Gasteiger partial charge in [-0.05, 0) is 38.5 Å². The topological polar surface area (TPSA) is 119 Å². The minimum Gasteiger partial charge on any atom is -0.462 e. The van der Waals surface area contributed by atoms with E-state index in [1.807, 2.05) is 0 Å². The predicted molar refractivity (Wildman–Crippen MR) is 212 cm³/mol. The van der Waals surface area contributed by atoms with Crippen LogP contribution in [0.2, 0.25) is 0 Å². The van der Waals surface area contributed by atoms with Crippen LogP contribution in [0.5, 0.6) is 0 Å². The first-order chi connectivity index (χ1) is 24.8. The maximum Gasteiger partial charge on any atom is 0.469 e. The fourth-order valence-corrected chi connectivity index (χ4v) is 6.67. The Bertz CT molecular complexity index is 843. The fourth-order valence-electron chi connectivity index (χ4n) is 6.31. The second-order valence-electron chi connectivity index (χ2n) is 14.7. The van der Waals surface area contributed by atoms with Gasteiger partial charge in [0.15, 0.2) is 6.10 Å². The molecule has 0 bridgehead atoms. The van der Waals surface area contributed by atoms with Crippen molar-refractivity contribution in [2.24, 2.45) is 0 Å². The van der Waals surface area contributed by atoms with Gasteiger partial charge in [0.25, 0.3) is 0 Å². The van der Waals surface area contributed by atoms with E-state index in [2.05, 4.69) is 30.5 Å². The summed E-state index contributed by atoms with van der Waals surface area (Å²) in [5.74, 6) is -0.877. The zero-order valence-corrected chi connectivity index (χ0v) is 34.2. The Balaban J connectivity index is 3.86. The summed E-state index contributed by atoms with van der Waals surface area (Å²) in [6.07, 6.45) is 42.2. The third kappa shape index (κ3) is 41.4. The minimum absolute atomic E-state index is 0.211. The van der Waals surface area contributed by atoms with Crippen molar-refractivity contribution in [1.29, 1.82) is 0 Å². The van der Waals surface area contributed by atoms with Gasteiger partial charge in [-0.15, -0.1) is 0 Å². The van der Waals surface area contributed by atoms with E-state index >= 15 is 0 Å². The highest BCUT2D eigenvalue weighted by Gasteiger charge is 2.22. The summed E-state index contributed by atoms with van der Waals surface area (Å²) in [4.78, 5) is 42.8. The van der Waals surface area contributed by atoms with Crippen LogP contribution >= 0.6 is 7.82 Å². The predicted octanol–water partition coefficient (Wildman–Crippen LogP) is 13.0. The van der Waals surface area contributed by atoms with Crippen molar-refractivity contribution in [1.82, 2.24) is 0 Å². The van der Waals surface area contributed by atoms with Gasteiger partial charge in [-0.2, -0.15) is 0 Å². The monoisotopic (exact) mass is 745 g/mol. The second kappa shape index (κ2) is 38.5. The molecule has 9 heteroatoms. The fraction of sp³-hybridized carbons (Fsp3) is 0.905. The van der Waals surface area contributed by atoms with Gasteiger partial charge in [0.2, 0.25) is 0 Å². The van der Waals surface area contributed by atoms with Gasteiger partial charge in [-0.1, -0.05) is 187 Å². The van der Waals surface area contributed by atoms with Crippen molar-refractivity contribution in [2.45, 2.75) is 232 Å². The number of hydrogen-bond donors (Lipinski definition) is 2. The van der Waals surface area contributed by atoms with Crippen LogP contribution < -0.4 is 0 Å². The molecule has 0 fully saturated rings. The third-order valence-electron chi connectivity index (χ3n) is 9.53. The van der Waals surface area contributed by atoms with Crippen molar-refractivity contribution in [2.75, 3.05) is 13.2 Å². The number of hydrogen-bond acceptors (Lipinski definition) is 6. The summed E-state index contributed by atoms with van der Waals surface area (Å²) in [7, 11) is -4.75. The molecule has 0 aromatic heterocycles. The lowest BCUT2D eigenvalue weighted by molar-refractivity contribution is -0.161. The van der Waals surface area contributed by atoms with Crippen LogP contribution in [-0.4, -0.2) is 41.0 Å². The molecule has 0 radical (unpaired) electrons. The molecular weight excluding hydrogens is 663 g/mol. The summed E-state index contributed by atoms with van der Waals surface area (Å²) in [6, 6.07) is 0. The smallest absolute Gasteiger partial charge is 0.462 e. The number of phosphoric acid groups is 1. The molecule has 0 aromatic rings. The summed E-state index contributed by atoms with van der Waals surface area (Å²) in [5.41, 5.74) is 0. The standard InChI is InChI=1S/C42H81O8P/c1-3-5-7-9-11-13-15-17-19-20-21-23-24-26-28-30-32-34-36-41(43)48-38-40(39-49-51(45,46)47)50-42(44)37-35-33-31-29-27-25-22-18-16-14-12-10-8-6-4-2/h14,16,40H,3-13,15,17-39H2,1-2H3,(H2,45,46,47)/b16-14+/t40-/m1/s1. The van der Waals surface area contributed by atoms with E-state index in [1.165, 1.54) is 148 Å². The average molecular weight is 745 g/mol. The first kappa shape index (κ1) is 49.8. The molecule has 51 heavy (non-hydrogen) atoms. The van der Waals surface area contributed by atoms with E-state index < -0.39 is 32.5 Å². The molecule has 302 valence electrons. The van der Waals surface area contributed by atoms with Gasteiger partial charge in [-0.25, -0.2) is 4.57 Å². The first-order valence-electron chi connectivity index (χ1n) is 21.5. The van der Waals surface area contributed by atoms with Gasteiger partial charge >= 0.3 is 19.8 Å². The van der Waals surface area contributed by atoms with E-state index in [4.69, 9.17) is 19.3 Å². The van der Waals surface area contributed by atoms with Crippen molar-refractivity contribution in [3.8, 4) is 0 Å². The summed E-state index contributed by atoms with van der Waals surface area (Å²) < 4.78 is 26.4. The zero-order chi connectivity index (χ0) is 37.5. The van der Waals surface area contributed by atoms with Crippen molar-refractivity contribution >= 4 is 19.8 Å². The van der Waals surface area contributed by atoms with E-state index in [-0.39, 0.29) is 19.4 Å². The van der Waals surface area contributed by atoms with Gasteiger partial charge in [0, 0.05) is 12.8 Å². The quantitative estimate of drug-likeness (QED) is 0.0275. The van der Waals surface area contributed by atoms with E-state index in [1.54, 1.807) is 0 Å². The van der Waals surface area contributed by atoms with Crippen molar-refractivity contribution in [3.05, 3.63) is 12.2 Å². The number of ether oxygens (including phenoxy) is 2. The molecule has 0 spiro atoms. The van der Waals surface area contributed by atoms with Gasteiger partial charge in [-0.3, -0.25) is 14.1 Å². The Morgan fingerprint density at radius 3 is 1.22 bits per heavy atom. The van der Waals surface area contributed by atoms with Crippen molar-refractivity contribution < 1.29 is 37.9 Å². The highest BCUT2D eigenvalue weighted by Crippen LogP contribution is 2.36. The average Bonchev–Trinajstić information content (AvgIpc) is 3.10. The Morgan fingerprint density at radius 1 is 0.490 bits per heavy atom.